The first-order chi connectivity index (χ1) is 7.17. The molecule has 0 aromatic heterocycles. The molecule has 0 aliphatic rings. The second-order valence-electron chi connectivity index (χ2n) is 3.75. The van der Waals surface area contributed by atoms with Gasteiger partial charge in [-0.1, -0.05) is 12.1 Å². The summed E-state index contributed by atoms with van der Waals surface area (Å²) in [5.74, 6) is 0.859. The van der Waals surface area contributed by atoms with E-state index in [1.807, 2.05) is 31.2 Å². The van der Waals surface area contributed by atoms with Crippen LogP contribution in [0.2, 0.25) is 0 Å². The van der Waals surface area contributed by atoms with Crippen molar-refractivity contribution in [2.75, 3.05) is 13.7 Å². The zero-order chi connectivity index (χ0) is 11.3. The molecule has 0 unspecified atom stereocenters. The lowest BCUT2D eigenvalue weighted by atomic mass is 10.1. The van der Waals surface area contributed by atoms with Gasteiger partial charge in [-0.25, -0.2) is 0 Å². The number of aliphatic hydroxyl groups excluding tert-OH is 1. The molecule has 0 heterocycles. The number of aliphatic hydroxyl groups is 1. The average molecular weight is 209 g/mol. The van der Waals surface area contributed by atoms with Crippen LogP contribution in [-0.4, -0.2) is 24.9 Å². The van der Waals surface area contributed by atoms with Gasteiger partial charge in [-0.2, -0.15) is 0 Å². The van der Waals surface area contributed by atoms with Crippen LogP contribution in [0.3, 0.4) is 0 Å². The van der Waals surface area contributed by atoms with E-state index in [1.165, 1.54) is 0 Å². The molecule has 2 N–H and O–H groups in total. The summed E-state index contributed by atoms with van der Waals surface area (Å²) in [6, 6.07) is 8.25. The van der Waals surface area contributed by atoms with Crippen LogP contribution < -0.4 is 10.1 Å². The van der Waals surface area contributed by atoms with Crippen LogP contribution in [0.5, 0.6) is 5.75 Å². The summed E-state index contributed by atoms with van der Waals surface area (Å²) in [6.45, 7) is 4.17. The Kier molecular flexibility index (Phi) is 4.59. The van der Waals surface area contributed by atoms with Gasteiger partial charge in [0.05, 0.1) is 13.7 Å². The number of hydrogen-bond acceptors (Lipinski definition) is 3. The molecule has 3 heteroatoms. The molecule has 1 aromatic carbocycles. The Hall–Kier alpha value is -1.06. The van der Waals surface area contributed by atoms with E-state index in [4.69, 9.17) is 9.84 Å². The van der Waals surface area contributed by atoms with Gasteiger partial charge in [-0.05, 0) is 31.5 Å². The van der Waals surface area contributed by atoms with Gasteiger partial charge >= 0.3 is 0 Å². The first-order valence-corrected chi connectivity index (χ1v) is 5.18. The van der Waals surface area contributed by atoms with Gasteiger partial charge in [-0.15, -0.1) is 0 Å². The molecule has 0 spiro atoms. The highest BCUT2D eigenvalue weighted by molar-refractivity contribution is 5.30. The van der Waals surface area contributed by atoms with Crippen molar-refractivity contribution in [3.8, 4) is 5.75 Å². The minimum atomic E-state index is 0.103. The first-order valence-electron chi connectivity index (χ1n) is 5.18. The fraction of sp³-hybridized carbons (Fsp3) is 0.500. The quantitative estimate of drug-likeness (QED) is 0.776. The Labute approximate surface area is 91.1 Å². The van der Waals surface area contributed by atoms with Crippen molar-refractivity contribution in [2.45, 2.75) is 25.9 Å². The van der Waals surface area contributed by atoms with Crippen molar-refractivity contribution in [1.82, 2.24) is 5.32 Å². The van der Waals surface area contributed by atoms with Crippen molar-refractivity contribution in [1.29, 1.82) is 0 Å². The Bertz CT molecular complexity index is 301. The highest BCUT2D eigenvalue weighted by Crippen LogP contribution is 2.18. The maximum Gasteiger partial charge on any atom is 0.119 e. The maximum absolute atomic E-state index is 8.94. The highest BCUT2D eigenvalue weighted by Gasteiger charge is 2.08. The highest BCUT2D eigenvalue weighted by atomic mass is 16.5. The average Bonchev–Trinajstić information content (AvgIpc) is 2.28. The molecule has 0 bridgehead atoms. The maximum atomic E-state index is 8.94. The van der Waals surface area contributed by atoms with E-state index in [0.29, 0.717) is 0 Å². The van der Waals surface area contributed by atoms with Crippen LogP contribution in [0.25, 0.3) is 0 Å². The van der Waals surface area contributed by atoms with Gasteiger partial charge in [0.15, 0.2) is 0 Å². The molecular weight excluding hydrogens is 190 g/mol. The predicted octanol–water partition coefficient (Wildman–Crippen LogP) is 1.73. The molecular formula is C12H19NO2. The lowest BCUT2D eigenvalue weighted by Gasteiger charge is -2.19. The fourth-order valence-corrected chi connectivity index (χ4v) is 1.49. The zero-order valence-corrected chi connectivity index (χ0v) is 9.53. The molecule has 0 radical (unpaired) electrons. The molecule has 0 aliphatic heterocycles. The molecule has 0 fully saturated rings. The summed E-state index contributed by atoms with van der Waals surface area (Å²) >= 11 is 0. The van der Waals surface area contributed by atoms with Crippen molar-refractivity contribution in [3.63, 3.8) is 0 Å². The third-order valence-electron chi connectivity index (χ3n) is 2.40. The number of benzene rings is 1. The van der Waals surface area contributed by atoms with Crippen molar-refractivity contribution >= 4 is 0 Å². The molecule has 0 saturated carbocycles. The number of nitrogens with one attached hydrogen (secondary N) is 1. The van der Waals surface area contributed by atoms with E-state index in [0.717, 1.165) is 11.3 Å². The van der Waals surface area contributed by atoms with E-state index in [-0.39, 0.29) is 18.7 Å². The Morgan fingerprint density at radius 1 is 1.40 bits per heavy atom. The van der Waals surface area contributed by atoms with Crippen LogP contribution in [0.15, 0.2) is 24.3 Å². The minimum Gasteiger partial charge on any atom is -0.497 e. The van der Waals surface area contributed by atoms with Crippen LogP contribution in [0.1, 0.15) is 25.5 Å². The van der Waals surface area contributed by atoms with Crippen LogP contribution in [-0.2, 0) is 0 Å². The summed E-state index contributed by atoms with van der Waals surface area (Å²) < 4.78 is 5.16. The standard InChI is InChI=1S/C12H19NO2/c1-9(8-14)13-10(2)11-5-4-6-12(7-11)15-3/h4-7,9-10,13-14H,8H2,1-3H3/t9-,10-/m1/s1. The minimum absolute atomic E-state index is 0.103. The largest absolute Gasteiger partial charge is 0.497 e. The molecule has 1 aromatic rings. The second-order valence-corrected chi connectivity index (χ2v) is 3.75. The SMILES string of the molecule is COc1cccc([C@@H](C)N[C@H](C)CO)c1. The molecule has 15 heavy (non-hydrogen) atoms. The molecule has 0 aliphatic carbocycles. The Morgan fingerprint density at radius 3 is 2.73 bits per heavy atom. The van der Waals surface area contributed by atoms with Crippen LogP contribution >= 0.6 is 0 Å². The Balaban J connectivity index is 2.68. The topological polar surface area (TPSA) is 41.5 Å². The zero-order valence-electron chi connectivity index (χ0n) is 9.53. The molecule has 0 amide bonds. The lowest BCUT2D eigenvalue weighted by molar-refractivity contribution is 0.243. The van der Waals surface area contributed by atoms with Crippen molar-refractivity contribution in [2.24, 2.45) is 0 Å². The number of methoxy groups -OCH3 is 1. The first kappa shape index (κ1) is 12.0. The summed E-state index contributed by atoms with van der Waals surface area (Å²) in [7, 11) is 1.66. The second kappa shape index (κ2) is 5.73. The summed E-state index contributed by atoms with van der Waals surface area (Å²) in [6.07, 6.45) is 0. The molecule has 84 valence electrons. The van der Waals surface area contributed by atoms with Gasteiger partial charge < -0.3 is 15.2 Å². The summed E-state index contributed by atoms with van der Waals surface area (Å²) in [5, 5.41) is 12.2. The lowest BCUT2D eigenvalue weighted by Crippen LogP contribution is -2.31. The monoisotopic (exact) mass is 209 g/mol. The predicted molar refractivity (Wildman–Crippen MR) is 61.1 cm³/mol. The number of hydrogen-bond donors (Lipinski definition) is 2. The van der Waals surface area contributed by atoms with Gasteiger partial charge in [0.2, 0.25) is 0 Å². The van der Waals surface area contributed by atoms with Crippen molar-refractivity contribution < 1.29 is 9.84 Å². The van der Waals surface area contributed by atoms with Gasteiger partial charge in [0.25, 0.3) is 0 Å². The van der Waals surface area contributed by atoms with E-state index in [2.05, 4.69) is 12.2 Å². The van der Waals surface area contributed by atoms with Gasteiger partial charge in [-0.3, -0.25) is 0 Å². The molecule has 2 atom stereocenters. The third kappa shape index (κ3) is 3.53. The molecule has 3 nitrogen and oxygen atoms in total. The molecule has 0 saturated heterocycles. The fourth-order valence-electron chi connectivity index (χ4n) is 1.49. The summed E-state index contributed by atoms with van der Waals surface area (Å²) in [4.78, 5) is 0. The summed E-state index contributed by atoms with van der Waals surface area (Å²) in [5.41, 5.74) is 1.16. The molecule has 1 rings (SSSR count). The van der Waals surface area contributed by atoms with Gasteiger partial charge in [0, 0.05) is 12.1 Å². The normalized spacial score (nSPS) is 14.7. The van der Waals surface area contributed by atoms with E-state index in [1.54, 1.807) is 7.11 Å². The van der Waals surface area contributed by atoms with E-state index >= 15 is 0 Å². The Morgan fingerprint density at radius 2 is 2.13 bits per heavy atom. The van der Waals surface area contributed by atoms with E-state index < -0.39 is 0 Å². The third-order valence-corrected chi connectivity index (χ3v) is 2.40. The number of ether oxygens (including phenoxy) is 1. The van der Waals surface area contributed by atoms with Crippen LogP contribution in [0, 0.1) is 0 Å². The van der Waals surface area contributed by atoms with Crippen molar-refractivity contribution in [3.05, 3.63) is 29.8 Å². The van der Waals surface area contributed by atoms with E-state index in [9.17, 15) is 0 Å². The van der Waals surface area contributed by atoms with Crippen LogP contribution in [0.4, 0.5) is 0 Å². The van der Waals surface area contributed by atoms with Gasteiger partial charge in [0.1, 0.15) is 5.75 Å². The number of rotatable bonds is 5. The smallest absolute Gasteiger partial charge is 0.119 e.